The number of methoxy groups -OCH3 is 1. The Morgan fingerprint density at radius 1 is 1.41 bits per heavy atom. The van der Waals surface area contributed by atoms with Crippen LogP contribution < -0.4 is 10.6 Å². The first-order valence-electron chi connectivity index (χ1n) is 6.81. The molecule has 3 atom stereocenters. The molecule has 1 saturated heterocycles. The molecule has 1 saturated carbocycles. The standard InChI is InChI=1S/C13H24N2O2/c1-17-12-5-4-11(8-12)15-13(16)7-10-3-2-6-14-9-10/h10-12,14H,2-9H2,1H3,(H,15,16). The van der Waals surface area contributed by atoms with Crippen LogP contribution in [0.3, 0.4) is 0 Å². The normalized spacial score (nSPS) is 33.6. The number of hydrogen-bond donors (Lipinski definition) is 2. The maximum absolute atomic E-state index is 11.9. The highest BCUT2D eigenvalue weighted by Crippen LogP contribution is 2.22. The van der Waals surface area contributed by atoms with E-state index in [9.17, 15) is 4.79 Å². The highest BCUT2D eigenvalue weighted by molar-refractivity contribution is 5.76. The zero-order valence-corrected chi connectivity index (χ0v) is 10.7. The average molecular weight is 240 g/mol. The molecule has 0 aromatic carbocycles. The topological polar surface area (TPSA) is 50.4 Å². The molecule has 4 nitrogen and oxygen atoms in total. The highest BCUT2D eigenvalue weighted by Gasteiger charge is 2.26. The van der Waals surface area contributed by atoms with E-state index >= 15 is 0 Å². The fourth-order valence-corrected chi connectivity index (χ4v) is 2.93. The van der Waals surface area contributed by atoms with Crippen molar-refractivity contribution in [3.05, 3.63) is 0 Å². The van der Waals surface area contributed by atoms with Gasteiger partial charge in [0.05, 0.1) is 6.10 Å². The van der Waals surface area contributed by atoms with Crippen molar-refractivity contribution in [2.75, 3.05) is 20.2 Å². The van der Waals surface area contributed by atoms with Gasteiger partial charge in [0.15, 0.2) is 0 Å². The number of carbonyl (C=O) groups excluding carboxylic acids is 1. The van der Waals surface area contributed by atoms with E-state index in [1.54, 1.807) is 7.11 Å². The number of ether oxygens (including phenoxy) is 1. The predicted molar refractivity (Wildman–Crippen MR) is 66.8 cm³/mol. The van der Waals surface area contributed by atoms with E-state index in [-0.39, 0.29) is 5.91 Å². The van der Waals surface area contributed by atoms with E-state index in [2.05, 4.69) is 10.6 Å². The number of amides is 1. The Morgan fingerprint density at radius 3 is 2.94 bits per heavy atom. The van der Waals surface area contributed by atoms with Crippen LogP contribution in [0.1, 0.15) is 38.5 Å². The molecule has 3 unspecified atom stereocenters. The first-order chi connectivity index (χ1) is 8.28. The van der Waals surface area contributed by atoms with Gasteiger partial charge in [-0.15, -0.1) is 0 Å². The first kappa shape index (κ1) is 12.8. The lowest BCUT2D eigenvalue weighted by molar-refractivity contribution is -0.122. The molecule has 1 amide bonds. The summed E-state index contributed by atoms with van der Waals surface area (Å²) < 4.78 is 5.31. The minimum absolute atomic E-state index is 0.223. The molecule has 1 aliphatic carbocycles. The summed E-state index contributed by atoms with van der Waals surface area (Å²) in [6, 6.07) is 0.337. The van der Waals surface area contributed by atoms with E-state index in [0.717, 1.165) is 32.4 Å². The zero-order chi connectivity index (χ0) is 12.1. The van der Waals surface area contributed by atoms with Gasteiger partial charge >= 0.3 is 0 Å². The van der Waals surface area contributed by atoms with E-state index in [0.29, 0.717) is 24.5 Å². The highest BCUT2D eigenvalue weighted by atomic mass is 16.5. The third-order valence-electron chi connectivity index (χ3n) is 3.96. The molecule has 0 aromatic heterocycles. The first-order valence-corrected chi connectivity index (χ1v) is 6.81. The van der Waals surface area contributed by atoms with Gasteiger partial charge in [0.2, 0.25) is 5.91 Å². The molecule has 98 valence electrons. The monoisotopic (exact) mass is 240 g/mol. The molecule has 2 rings (SSSR count). The molecular formula is C13H24N2O2. The fraction of sp³-hybridized carbons (Fsp3) is 0.923. The molecule has 2 fully saturated rings. The Bertz CT molecular complexity index is 252. The molecule has 2 N–H and O–H groups in total. The third kappa shape index (κ3) is 3.96. The Labute approximate surface area is 103 Å². The molecular weight excluding hydrogens is 216 g/mol. The quantitative estimate of drug-likeness (QED) is 0.772. The van der Waals surface area contributed by atoms with Gasteiger partial charge < -0.3 is 15.4 Å². The molecule has 0 spiro atoms. The molecule has 0 radical (unpaired) electrons. The predicted octanol–water partition coefficient (Wildman–Crippen LogP) is 1.06. The minimum atomic E-state index is 0.223. The van der Waals surface area contributed by atoms with Crippen LogP contribution >= 0.6 is 0 Å². The van der Waals surface area contributed by atoms with Crippen LogP contribution in [0, 0.1) is 5.92 Å². The van der Waals surface area contributed by atoms with Crippen molar-refractivity contribution < 1.29 is 9.53 Å². The van der Waals surface area contributed by atoms with Crippen molar-refractivity contribution in [3.63, 3.8) is 0 Å². The number of hydrogen-bond acceptors (Lipinski definition) is 3. The smallest absolute Gasteiger partial charge is 0.220 e. The van der Waals surface area contributed by atoms with E-state index in [1.165, 1.54) is 12.8 Å². The average Bonchev–Trinajstić information content (AvgIpc) is 2.78. The SMILES string of the molecule is COC1CCC(NC(=O)CC2CCCNC2)C1. The van der Waals surface area contributed by atoms with Crippen LogP contribution in [-0.2, 0) is 9.53 Å². The minimum Gasteiger partial charge on any atom is -0.381 e. The largest absolute Gasteiger partial charge is 0.381 e. The van der Waals surface area contributed by atoms with Crippen LogP contribution in [0.2, 0.25) is 0 Å². The summed E-state index contributed by atoms with van der Waals surface area (Å²) in [7, 11) is 1.75. The summed E-state index contributed by atoms with van der Waals surface area (Å²) in [6.45, 7) is 2.11. The summed E-state index contributed by atoms with van der Waals surface area (Å²) >= 11 is 0. The molecule has 2 aliphatic rings. The number of nitrogens with one attached hydrogen (secondary N) is 2. The summed E-state index contributed by atoms with van der Waals surface area (Å²) in [6.07, 6.45) is 6.53. The van der Waals surface area contributed by atoms with Crippen molar-refractivity contribution in [2.24, 2.45) is 5.92 Å². The maximum Gasteiger partial charge on any atom is 0.220 e. The maximum atomic E-state index is 11.9. The van der Waals surface area contributed by atoms with Crippen molar-refractivity contribution in [1.82, 2.24) is 10.6 Å². The van der Waals surface area contributed by atoms with Crippen LogP contribution in [0.25, 0.3) is 0 Å². The van der Waals surface area contributed by atoms with Crippen molar-refractivity contribution in [2.45, 2.75) is 50.7 Å². The molecule has 0 aromatic rings. The van der Waals surface area contributed by atoms with Gasteiger partial charge in [-0.2, -0.15) is 0 Å². The molecule has 17 heavy (non-hydrogen) atoms. The number of carbonyl (C=O) groups is 1. The van der Waals surface area contributed by atoms with Crippen LogP contribution in [0.15, 0.2) is 0 Å². The van der Waals surface area contributed by atoms with Gasteiger partial charge in [-0.1, -0.05) is 0 Å². The van der Waals surface area contributed by atoms with E-state index < -0.39 is 0 Å². The second kappa shape index (κ2) is 6.36. The van der Waals surface area contributed by atoms with Gasteiger partial charge in [-0.25, -0.2) is 0 Å². The van der Waals surface area contributed by atoms with Crippen LogP contribution in [-0.4, -0.2) is 38.3 Å². The van der Waals surface area contributed by atoms with Crippen LogP contribution in [0.4, 0.5) is 0 Å². The summed E-state index contributed by atoms with van der Waals surface area (Å²) in [5, 5.41) is 6.49. The summed E-state index contributed by atoms with van der Waals surface area (Å²) in [5.74, 6) is 0.754. The van der Waals surface area contributed by atoms with Gasteiger partial charge in [-0.05, 0) is 51.1 Å². The Kier molecular flexibility index (Phi) is 4.80. The molecule has 0 bridgehead atoms. The third-order valence-corrected chi connectivity index (χ3v) is 3.96. The second-order valence-corrected chi connectivity index (χ2v) is 5.35. The molecule has 4 heteroatoms. The van der Waals surface area contributed by atoms with Gasteiger partial charge in [0.25, 0.3) is 0 Å². The zero-order valence-electron chi connectivity index (χ0n) is 10.7. The number of piperidine rings is 1. The fourth-order valence-electron chi connectivity index (χ4n) is 2.93. The summed E-state index contributed by atoms with van der Waals surface area (Å²) in [4.78, 5) is 11.9. The van der Waals surface area contributed by atoms with E-state index in [4.69, 9.17) is 4.74 Å². The lowest BCUT2D eigenvalue weighted by Gasteiger charge is -2.23. The Morgan fingerprint density at radius 2 is 2.29 bits per heavy atom. The molecule has 1 heterocycles. The van der Waals surface area contributed by atoms with Crippen molar-refractivity contribution >= 4 is 5.91 Å². The lowest BCUT2D eigenvalue weighted by atomic mass is 9.96. The van der Waals surface area contributed by atoms with E-state index in [1.807, 2.05) is 0 Å². The van der Waals surface area contributed by atoms with Crippen molar-refractivity contribution in [1.29, 1.82) is 0 Å². The van der Waals surface area contributed by atoms with Crippen LogP contribution in [0.5, 0.6) is 0 Å². The van der Waals surface area contributed by atoms with Crippen molar-refractivity contribution in [3.8, 4) is 0 Å². The van der Waals surface area contributed by atoms with Gasteiger partial charge in [0.1, 0.15) is 0 Å². The second-order valence-electron chi connectivity index (χ2n) is 5.35. The lowest BCUT2D eigenvalue weighted by Crippen LogP contribution is -2.37. The van der Waals surface area contributed by atoms with Gasteiger partial charge in [-0.3, -0.25) is 4.79 Å². The number of rotatable bonds is 4. The van der Waals surface area contributed by atoms with Gasteiger partial charge in [0, 0.05) is 19.6 Å². The summed E-state index contributed by atoms with van der Waals surface area (Å²) in [5.41, 5.74) is 0. The Balaban J connectivity index is 1.66. The Hall–Kier alpha value is -0.610. The molecule has 1 aliphatic heterocycles.